The Hall–Kier alpha value is -3.09. The van der Waals surface area contributed by atoms with Crippen molar-refractivity contribution in [3.05, 3.63) is 54.0 Å². The molecule has 0 radical (unpaired) electrons. The lowest BCUT2D eigenvalue weighted by atomic mass is 10.1. The van der Waals surface area contributed by atoms with Crippen molar-refractivity contribution >= 4 is 23.4 Å². The highest BCUT2D eigenvalue weighted by molar-refractivity contribution is 5.98. The van der Waals surface area contributed by atoms with Crippen LogP contribution in [0.25, 0.3) is 0 Å². The van der Waals surface area contributed by atoms with Crippen molar-refractivity contribution in [3.63, 3.8) is 0 Å². The second-order valence-corrected chi connectivity index (χ2v) is 6.80. The van der Waals surface area contributed by atoms with Gasteiger partial charge in [-0.15, -0.1) is 0 Å². The molecule has 1 saturated heterocycles. The number of amides is 3. The van der Waals surface area contributed by atoms with E-state index in [-0.39, 0.29) is 24.1 Å². The van der Waals surface area contributed by atoms with E-state index in [1.54, 1.807) is 46.4 Å². The number of hydrogen-bond donors (Lipinski definition) is 1. The van der Waals surface area contributed by atoms with Gasteiger partial charge in [0.1, 0.15) is 5.76 Å². The van der Waals surface area contributed by atoms with E-state index in [9.17, 15) is 14.4 Å². The minimum atomic E-state index is -0.403. The Balaban J connectivity index is 1.57. The first-order valence-electron chi connectivity index (χ1n) is 9.52. The van der Waals surface area contributed by atoms with Gasteiger partial charge in [-0.2, -0.15) is 0 Å². The van der Waals surface area contributed by atoms with Gasteiger partial charge in [-0.3, -0.25) is 14.4 Å². The van der Waals surface area contributed by atoms with Crippen LogP contribution in [0.3, 0.4) is 0 Å². The Labute approximate surface area is 164 Å². The summed E-state index contributed by atoms with van der Waals surface area (Å²) >= 11 is 0. The molecule has 0 spiro atoms. The number of rotatable bonds is 7. The van der Waals surface area contributed by atoms with Gasteiger partial charge in [-0.1, -0.05) is 0 Å². The molecule has 1 N–H and O–H groups in total. The number of likely N-dealkylation sites (tertiary alicyclic amines) is 1. The molecule has 0 saturated carbocycles. The van der Waals surface area contributed by atoms with Gasteiger partial charge in [0, 0.05) is 37.3 Å². The third kappa shape index (κ3) is 4.42. The van der Waals surface area contributed by atoms with Gasteiger partial charge >= 0.3 is 0 Å². The third-order valence-electron chi connectivity index (χ3n) is 4.96. The second kappa shape index (κ2) is 8.73. The number of anilines is 1. The lowest BCUT2D eigenvalue weighted by Gasteiger charge is -2.18. The number of nitrogens with one attached hydrogen (secondary N) is 1. The van der Waals surface area contributed by atoms with E-state index in [0.29, 0.717) is 43.2 Å². The Morgan fingerprint density at radius 1 is 1.18 bits per heavy atom. The van der Waals surface area contributed by atoms with E-state index >= 15 is 0 Å². The number of hydrogen-bond acceptors (Lipinski definition) is 4. The van der Waals surface area contributed by atoms with Crippen LogP contribution >= 0.6 is 0 Å². The molecule has 1 aliphatic rings. The Morgan fingerprint density at radius 3 is 2.50 bits per heavy atom. The van der Waals surface area contributed by atoms with E-state index in [0.717, 1.165) is 0 Å². The molecule has 0 aliphatic carbocycles. The van der Waals surface area contributed by atoms with Crippen LogP contribution < -0.4 is 5.32 Å². The van der Waals surface area contributed by atoms with Crippen molar-refractivity contribution < 1.29 is 18.8 Å². The fraction of sp³-hybridized carbons (Fsp3) is 0.381. The van der Waals surface area contributed by atoms with E-state index in [1.165, 1.54) is 0 Å². The second-order valence-electron chi connectivity index (χ2n) is 6.80. The Bertz CT molecular complexity index is 826. The van der Waals surface area contributed by atoms with Crippen molar-refractivity contribution in [2.45, 2.75) is 26.8 Å². The molecule has 7 nitrogen and oxygen atoms in total. The fourth-order valence-corrected chi connectivity index (χ4v) is 3.33. The zero-order chi connectivity index (χ0) is 20.1. The fourth-order valence-electron chi connectivity index (χ4n) is 3.33. The maximum absolute atomic E-state index is 12.5. The summed E-state index contributed by atoms with van der Waals surface area (Å²) in [5.41, 5.74) is 1.19. The van der Waals surface area contributed by atoms with Gasteiger partial charge < -0.3 is 19.5 Å². The van der Waals surface area contributed by atoms with Crippen LogP contribution in [0.2, 0.25) is 0 Å². The summed E-state index contributed by atoms with van der Waals surface area (Å²) in [6.07, 6.45) is 1.75. The van der Waals surface area contributed by atoms with Crippen LogP contribution in [0.15, 0.2) is 47.1 Å². The normalized spacial score (nSPS) is 16.3. The van der Waals surface area contributed by atoms with E-state index in [4.69, 9.17) is 4.42 Å². The molecule has 2 heterocycles. The molecule has 1 aromatic carbocycles. The first-order valence-corrected chi connectivity index (χ1v) is 9.52. The Morgan fingerprint density at radius 2 is 1.89 bits per heavy atom. The van der Waals surface area contributed by atoms with Crippen molar-refractivity contribution in [1.29, 1.82) is 0 Å². The summed E-state index contributed by atoms with van der Waals surface area (Å²) in [6.45, 7) is 5.92. The molecule has 148 valence electrons. The standard InChI is InChI=1S/C21H25N3O4/c1-3-23(4-2)21(27)15-7-9-17(10-8-15)22-20(26)16-12-19(25)24(13-16)14-18-6-5-11-28-18/h5-11,16H,3-4,12-14H2,1-2H3,(H,22,26)/t16-/m1/s1. The molecule has 1 fully saturated rings. The van der Waals surface area contributed by atoms with Crippen molar-refractivity contribution in [3.8, 4) is 0 Å². The van der Waals surface area contributed by atoms with Gasteiger partial charge in [0.05, 0.1) is 18.7 Å². The van der Waals surface area contributed by atoms with Crippen molar-refractivity contribution in [1.82, 2.24) is 9.80 Å². The van der Waals surface area contributed by atoms with Crippen molar-refractivity contribution in [2.75, 3.05) is 25.0 Å². The van der Waals surface area contributed by atoms with Crippen LogP contribution in [0, 0.1) is 5.92 Å². The van der Waals surface area contributed by atoms with Crippen LogP contribution in [0.5, 0.6) is 0 Å². The van der Waals surface area contributed by atoms with Crippen molar-refractivity contribution in [2.24, 2.45) is 5.92 Å². The molecular formula is C21H25N3O4. The van der Waals surface area contributed by atoms with Crippen LogP contribution in [0.4, 0.5) is 5.69 Å². The molecule has 2 aromatic rings. The lowest BCUT2D eigenvalue weighted by Crippen LogP contribution is -2.30. The molecule has 3 amide bonds. The first kappa shape index (κ1) is 19.7. The summed E-state index contributed by atoms with van der Waals surface area (Å²) in [4.78, 5) is 40.4. The molecule has 7 heteroatoms. The molecule has 0 bridgehead atoms. The minimum Gasteiger partial charge on any atom is -0.467 e. The summed E-state index contributed by atoms with van der Waals surface area (Å²) in [5, 5.41) is 2.84. The molecule has 0 unspecified atom stereocenters. The van der Waals surface area contributed by atoms with Gasteiger partial charge in [-0.05, 0) is 50.2 Å². The number of carbonyl (C=O) groups is 3. The predicted octanol–water partition coefficient (Wildman–Crippen LogP) is 2.75. The van der Waals surface area contributed by atoms with Gasteiger partial charge in [0.2, 0.25) is 11.8 Å². The topological polar surface area (TPSA) is 82.9 Å². The lowest BCUT2D eigenvalue weighted by molar-refractivity contribution is -0.128. The van der Waals surface area contributed by atoms with E-state index < -0.39 is 5.92 Å². The highest BCUT2D eigenvalue weighted by Crippen LogP contribution is 2.22. The molecular weight excluding hydrogens is 358 g/mol. The van der Waals surface area contributed by atoms with E-state index in [2.05, 4.69) is 5.32 Å². The van der Waals surface area contributed by atoms with Gasteiger partial charge in [-0.25, -0.2) is 0 Å². The van der Waals surface area contributed by atoms with Crippen LogP contribution in [-0.2, 0) is 16.1 Å². The minimum absolute atomic E-state index is 0.0298. The largest absolute Gasteiger partial charge is 0.467 e. The summed E-state index contributed by atoms with van der Waals surface area (Å²) in [6, 6.07) is 10.4. The maximum atomic E-state index is 12.5. The average Bonchev–Trinajstić information content (AvgIpc) is 3.34. The van der Waals surface area contributed by atoms with Gasteiger partial charge in [0.25, 0.3) is 5.91 Å². The maximum Gasteiger partial charge on any atom is 0.253 e. The summed E-state index contributed by atoms with van der Waals surface area (Å²) in [5.74, 6) is 0.00924. The number of benzene rings is 1. The number of furan rings is 1. The summed E-state index contributed by atoms with van der Waals surface area (Å²) in [7, 11) is 0. The monoisotopic (exact) mass is 383 g/mol. The molecule has 1 aliphatic heterocycles. The zero-order valence-corrected chi connectivity index (χ0v) is 16.2. The molecule has 1 aromatic heterocycles. The summed E-state index contributed by atoms with van der Waals surface area (Å²) < 4.78 is 5.27. The Kier molecular flexibility index (Phi) is 6.13. The quantitative estimate of drug-likeness (QED) is 0.797. The highest BCUT2D eigenvalue weighted by Gasteiger charge is 2.34. The predicted molar refractivity (Wildman–Crippen MR) is 105 cm³/mol. The number of carbonyl (C=O) groups excluding carboxylic acids is 3. The number of nitrogens with zero attached hydrogens (tertiary/aromatic N) is 2. The molecule has 28 heavy (non-hydrogen) atoms. The molecule has 1 atom stereocenters. The van der Waals surface area contributed by atoms with Crippen LogP contribution in [0.1, 0.15) is 36.4 Å². The highest BCUT2D eigenvalue weighted by atomic mass is 16.3. The third-order valence-corrected chi connectivity index (χ3v) is 4.96. The first-order chi connectivity index (χ1) is 13.5. The smallest absolute Gasteiger partial charge is 0.253 e. The van der Waals surface area contributed by atoms with Crippen LogP contribution in [-0.4, -0.2) is 47.2 Å². The van der Waals surface area contributed by atoms with E-state index in [1.807, 2.05) is 19.9 Å². The SMILES string of the molecule is CCN(CC)C(=O)c1ccc(NC(=O)[C@@H]2CC(=O)N(Cc3ccco3)C2)cc1. The average molecular weight is 383 g/mol. The zero-order valence-electron chi connectivity index (χ0n) is 16.2. The molecule has 3 rings (SSSR count). The van der Waals surface area contributed by atoms with Gasteiger partial charge in [0.15, 0.2) is 0 Å².